The van der Waals surface area contributed by atoms with Crippen molar-refractivity contribution in [3.05, 3.63) is 84.2 Å². The average Bonchev–Trinajstić information content (AvgIpc) is 2.83. The smallest absolute Gasteiger partial charge is 0.264 e. The molecule has 1 atom stereocenters. The molecule has 0 radical (unpaired) electrons. The number of carbonyl (C=O) groups excluding carboxylic acids is 1. The highest BCUT2D eigenvalue weighted by atomic mass is 32.2. The van der Waals surface area contributed by atoms with Gasteiger partial charge in [0.25, 0.3) is 10.0 Å². The number of sulfonamides is 1. The predicted molar refractivity (Wildman–Crippen MR) is 123 cm³/mol. The number of nitrogens with zero attached hydrogens (tertiary/aromatic N) is 1. The monoisotopic (exact) mass is 472 g/mol. The number of hydrogen-bond acceptors (Lipinski definition) is 5. The summed E-state index contributed by atoms with van der Waals surface area (Å²) >= 11 is 0. The second-order valence-corrected chi connectivity index (χ2v) is 9.06. The van der Waals surface area contributed by atoms with Crippen molar-refractivity contribution in [2.24, 2.45) is 0 Å². The zero-order chi connectivity index (χ0) is 24.0. The first-order valence-electron chi connectivity index (χ1n) is 10.1. The van der Waals surface area contributed by atoms with E-state index in [1.165, 1.54) is 50.6 Å². The largest absolute Gasteiger partial charge is 0.497 e. The van der Waals surface area contributed by atoms with E-state index in [2.05, 4.69) is 5.32 Å². The molecule has 0 bridgehead atoms. The number of halogens is 1. The number of methoxy groups -OCH3 is 2. The number of para-hydroxylation sites is 1. The van der Waals surface area contributed by atoms with Crippen LogP contribution in [-0.4, -0.2) is 35.1 Å². The normalized spacial score (nSPS) is 12.0. The van der Waals surface area contributed by atoms with E-state index in [4.69, 9.17) is 9.47 Å². The third-order valence-corrected chi connectivity index (χ3v) is 6.82. The Morgan fingerprint density at radius 3 is 2.21 bits per heavy atom. The van der Waals surface area contributed by atoms with Crippen LogP contribution in [0.25, 0.3) is 0 Å². The molecule has 3 rings (SSSR count). The van der Waals surface area contributed by atoms with E-state index in [9.17, 15) is 17.6 Å². The molecule has 9 heteroatoms. The summed E-state index contributed by atoms with van der Waals surface area (Å²) in [7, 11) is -1.12. The third kappa shape index (κ3) is 5.61. The first kappa shape index (κ1) is 24.1. The molecular formula is C24H25FN2O5S. The van der Waals surface area contributed by atoms with Crippen molar-refractivity contribution in [2.75, 3.05) is 25.1 Å². The summed E-state index contributed by atoms with van der Waals surface area (Å²) in [6.07, 6.45) is 0. The van der Waals surface area contributed by atoms with Crippen molar-refractivity contribution in [2.45, 2.75) is 17.9 Å². The van der Waals surface area contributed by atoms with Crippen LogP contribution in [0.3, 0.4) is 0 Å². The third-order valence-electron chi connectivity index (χ3n) is 5.03. The number of ether oxygens (including phenoxy) is 2. The number of amides is 1. The second kappa shape index (κ2) is 10.4. The van der Waals surface area contributed by atoms with Gasteiger partial charge in [-0.25, -0.2) is 12.8 Å². The quantitative estimate of drug-likeness (QED) is 0.510. The molecule has 0 aliphatic carbocycles. The molecule has 0 aliphatic heterocycles. The lowest BCUT2D eigenvalue weighted by molar-refractivity contribution is -0.120. The first-order chi connectivity index (χ1) is 15.8. The number of hydrogen-bond donors (Lipinski definition) is 1. The molecule has 0 spiro atoms. The standard InChI is InChI=1S/C24H25FN2O5S/c1-17(22-6-4-5-7-23(22)32-3)26-24(28)16-27(19-10-8-18(25)9-11-19)33(29,30)21-14-12-20(31-2)13-15-21/h4-15,17H,16H2,1-3H3,(H,26,28)/t17-/m0/s1. The molecule has 0 heterocycles. The number of anilines is 1. The van der Waals surface area contributed by atoms with Gasteiger partial charge < -0.3 is 14.8 Å². The number of benzene rings is 3. The minimum absolute atomic E-state index is 0.0294. The van der Waals surface area contributed by atoms with E-state index in [0.717, 1.165) is 22.0 Å². The molecule has 1 amide bonds. The molecule has 0 saturated heterocycles. The van der Waals surface area contributed by atoms with Crippen LogP contribution in [-0.2, 0) is 14.8 Å². The average molecular weight is 473 g/mol. The lowest BCUT2D eigenvalue weighted by Gasteiger charge is -2.25. The molecule has 0 aromatic heterocycles. The van der Waals surface area contributed by atoms with Crippen molar-refractivity contribution in [3.63, 3.8) is 0 Å². The fourth-order valence-electron chi connectivity index (χ4n) is 3.32. The molecular weight excluding hydrogens is 447 g/mol. The highest BCUT2D eigenvalue weighted by Gasteiger charge is 2.28. The molecule has 33 heavy (non-hydrogen) atoms. The number of carbonyl (C=O) groups is 1. The zero-order valence-corrected chi connectivity index (χ0v) is 19.3. The van der Waals surface area contributed by atoms with E-state index in [1.807, 2.05) is 18.2 Å². The summed E-state index contributed by atoms with van der Waals surface area (Å²) in [5.41, 5.74) is 0.909. The maximum atomic E-state index is 13.5. The molecule has 0 aliphatic rings. The lowest BCUT2D eigenvalue weighted by atomic mass is 10.1. The highest BCUT2D eigenvalue weighted by Crippen LogP contribution is 2.27. The van der Waals surface area contributed by atoms with Crippen LogP contribution in [0.15, 0.2) is 77.7 Å². The minimum Gasteiger partial charge on any atom is -0.497 e. The molecule has 174 valence electrons. The summed E-state index contributed by atoms with van der Waals surface area (Å²) < 4.78 is 51.6. The van der Waals surface area contributed by atoms with Crippen LogP contribution in [0.5, 0.6) is 11.5 Å². The summed E-state index contributed by atoms with van der Waals surface area (Å²) in [4.78, 5) is 12.9. The number of nitrogens with one attached hydrogen (secondary N) is 1. The van der Waals surface area contributed by atoms with Gasteiger partial charge in [0.2, 0.25) is 5.91 Å². The SMILES string of the molecule is COc1ccc(S(=O)(=O)N(CC(=O)N[C@@H](C)c2ccccc2OC)c2ccc(F)cc2)cc1. The van der Waals surface area contributed by atoms with Gasteiger partial charge in [-0.05, 0) is 61.5 Å². The Morgan fingerprint density at radius 2 is 1.61 bits per heavy atom. The fraction of sp³-hybridized carbons (Fsp3) is 0.208. The van der Waals surface area contributed by atoms with Crippen molar-refractivity contribution in [1.29, 1.82) is 0 Å². The van der Waals surface area contributed by atoms with Gasteiger partial charge in [-0.15, -0.1) is 0 Å². The Morgan fingerprint density at radius 1 is 0.970 bits per heavy atom. The summed E-state index contributed by atoms with van der Waals surface area (Å²) in [6, 6.07) is 17.5. The van der Waals surface area contributed by atoms with Gasteiger partial charge in [-0.3, -0.25) is 9.10 Å². The van der Waals surface area contributed by atoms with Gasteiger partial charge >= 0.3 is 0 Å². The van der Waals surface area contributed by atoms with E-state index in [0.29, 0.717) is 11.5 Å². The van der Waals surface area contributed by atoms with E-state index in [1.54, 1.807) is 13.0 Å². The van der Waals surface area contributed by atoms with Gasteiger partial charge in [-0.2, -0.15) is 0 Å². The van der Waals surface area contributed by atoms with Crippen molar-refractivity contribution in [1.82, 2.24) is 5.32 Å². The van der Waals surface area contributed by atoms with Crippen LogP contribution < -0.4 is 19.1 Å². The summed E-state index contributed by atoms with van der Waals surface area (Å²) in [5.74, 6) is 0.0433. The molecule has 0 fully saturated rings. The maximum Gasteiger partial charge on any atom is 0.264 e. The molecule has 0 saturated carbocycles. The first-order valence-corrected chi connectivity index (χ1v) is 11.5. The topological polar surface area (TPSA) is 84.9 Å². The second-order valence-electron chi connectivity index (χ2n) is 7.19. The van der Waals surface area contributed by atoms with Crippen molar-refractivity contribution in [3.8, 4) is 11.5 Å². The Labute approximate surface area is 192 Å². The van der Waals surface area contributed by atoms with Crippen molar-refractivity contribution < 1.29 is 27.1 Å². The Hall–Kier alpha value is -3.59. The summed E-state index contributed by atoms with van der Waals surface area (Å²) in [5, 5.41) is 2.81. The van der Waals surface area contributed by atoms with Gasteiger partial charge in [0.1, 0.15) is 23.9 Å². The number of rotatable bonds is 9. The maximum absolute atomic E-state index is 13.5. The van der Waals surface area contributed by atoms with Crippen LogP contribution in [0.1, 0.15) is 18.5 Å². The van der Waals surface area contributed by atoms with Crippen LogP contribution in [0.4, 0.5) is 10.1 Å². The lowest BCUT2D eigenvalue weighted by Crippen LogP contribution is -2.41. The van der Waals surface area contributed by atoms with Crippen molar-refractivity contribution >= 4 is 21.6 Å². The molecule has 1 N–H and O–H groups in total. The minimum atomic E-state index is -4.13. The van der Waals surface area contributed by atoms with Gasteiger partial charge in [-0.1, -0.05) is 18.2 Å². The van der Waals surface area contributed by atoms with Gasteiger partial charge in [0, 0.05) is 5.56 Å². The van der Waals surface area contributed by atoms with Crippen LogP contribution in [0.2, 0.25) is 0 Å². The Balaban J connectivity index is 1.89. The zero-order valence-electron chi connectivity index (χ0n) is 18.5. The van der Waals surface area contributed by atoms with Crippen LogP contribution >= 0.6 is 0 Å². The van der Waals surface area contributed by atoms with Gasteiger partial charge in [0.15, 0.2) is 0 Å². The van der Waals surface area contributed by atoms with E-state index in [-0.39, 0.29) is 10.6 Å². The molecule has 3 aromatic carbocycles. The molecule has 0 unspecified atom stereocenters. The Kier molecular flexibility index (Phi) is 7.55. The molecule has 7 nitrogen and oxygen atoms in total. The van der Waals surface area contributed by atoms with Gasteiger partial charge in [0.05, 0.1) is 30.8 Å². The summed E-state index contributed by atoms with van der Waals surface area (Å²) in [6.45, 7) is 1.27. The highest BCUT2D eigenvalue weighted by molar-refractivity contribution is 7.92. The van der Waals surface area contributed by atoms with E-state index < -0.39 is 34.3 Å². The fourth-order valence-corrected chi connectivity index (χ4v) is 4.74. The Bertz CT molecular complexity index is 1200. The van der Waals surface area contributed by atoms with Crippen LogP contribution in [0, 0.1) is 5.82 Å². The predicted octanol–water partition coefficient (Wildman–Crippen LogP) is 3.92. The molecule has 3 aromatic rings. The van der Waals surface area contributed by atoms with E-state index >= 15 is 0 Å².